The Labute approximate surface area is 85.5 Å². The van der Waals surface area contributed by atoms with Crippen molar-refractivity contribution < 1.29 is 9.84 Å². The van der Waals surface area contributed by atoms with Gasteiger partial charge in [-0.2, -0.15) is 0 Å². The molecular formula is C12H18O2. The third kappa shape index (κ3) is 3.48. The molecule has 78 valence electrons. The summed E-state index contributed by atoms with van der Waals surface area (Å²) in [7, 11) is 0. The summed E-state index contributed by atoms with van der Waals surface area (Å²) in [6, 6.07) is 9.78. The third-order valence-corrected chi connectivity index (χ3v) is 1.83. The minimum atomic E-state index is -0.233. The summed E-state index contributed by atoms with van der Waals surface area (Å²) < 4.78 is 5.72. The molecule has 1 N–H and O–H groups in total. The Kier molecular flexibility index (Phi) is 3.67. The predicted molar refractivity (Wildman–Crippen MR) is 57.1 cm³/mol. The average molecular weight is 194 g/mol. The van der Waals surface area contributed by atoms with E-state index in [0.29, 0.717) is 0 Å². The fourth-order valence-corrected chi connectivity index (χ4v) is 1.31. The van der Waals surface area contributed by atoms with Gasteiger partial charge in [0.05, 0.1) is 12.2 Å². The Hall–Kier alpha value is -0.860. The van der Waals surface area contributed by atoms with Gasteiger partial charge >= 0.3 is 0 Å². The van der Waals surface area contributed by atoms with Gasteiger partial charge in [-0.15, -0.1) is 0 Å². The monoisotopic (exact) mass is 194 g/mol. The summed E-state index contributed by atoms with van der Waals surface area (Å²) in [5, 5.41) is 9.22. The zero-order chi connectivity index (χ0) is 10.6. The van der Waals surface area contributed by atoms with Gasteiger partial charge in [-0.3, -0.25) is 0 Å². The van der Waals surface area contributed by atoms with E-state index in [1.165, 1.54) is 0 Å². The smallest absolute Gasteiger partial charge is 0.106 e. The van der Waals surface area contributed by atoms with Gasteiger partial charge in [0, 0.05) is 0 Å². The Balaban J connectivity index is 2.73. The van der Waals surface area contributed by atoms with Gasteiger partial charge in [0.15, 0.2) is 0 Å². The molecule has 1 aromatic carbocycles. The SMILES string of the molecule is CC(C)(C)O[C@H](CO)c1ccccc1. The molecule has 0 spiro atoms. The van der Waals surface area contributed by atoms with E-state index in [9.17, 15) is 5.11 Å². The molecule has 0 saturated carbocycles. The molecule has 0 bridgehead atoms. The molecule has 1 rings (SSSR count). The number of rotatable bonds is 3. The van der Waals surface area contributed by atoms with Gasteiger partial charge in [0.1, 0.15) is 6.10 Å². The van der Waals surface area contributed by atoms with Gasteiger partial charge in [0.2, 0.25) is 0 Å². The molecule has 2 nitrogen and oxygen atoms in total. The Morgan fingerprint density at radius 2 is 1.79 bits per heavy atom. The first-order valence-electron chi connectivity index (χ1n) is 4.86. The number of ether oxygens (including phenoxy) is 1. The second kappa shape index (κ2) is 4.58. The molecule has 0 aliphatic rings. The molecule has 0 aliphatic heterocycles. The molecule has 0 fully saturated rings. The first kappa shape index (κ1) is 11.2. The number of benzene rings is 1. The van der Waals surface area contributed by atoms with Crippen molar-refractivity contribution in [2.45, 2.75) is 32.5 Å². The fourth-order valence-electron chi connectivity index (χ4n) is 1.31. The lowest BCUT2D eigenvalue weighted by Crippen LogP contribution is -2.24. The van der Waals surface area contributed by atoms with Gasteiger partial charge in [-0.25, -0.2) is 0 Å². The highest BCUT2D eigenvalue weighted by molar-refractivity contribution is 5.17. The van der Waals surface area contributed by atoms with E-state index >= 15 is 0 Å². The van der Waals surface area contributed by atoms with E-state index < -0.39 is 0 Å². The molecule has 0 saturated heterocycles. The van der Waals surface area contributed by atoms with Crippen LogP contribution in [0.1, 0.15) is 32.4 Å². The van der Waals surface area contributed by atoms with Gasteiger partial charge in [0.25, 0.3) is 0 Å². The molecule has 2 heteroatoms. The molecule has 14 heavy (non-hydrogen) atoms. The lowest BCUT2D eigenvalue weighted by atomic mass is 10.1. The number of aliphatic hydroxyl groups excluding tert-OH is 1. The number of aliphatic hydroxyl groups is 1. The highest BCUT2D eigenvalue weighted by atomic mass is 16.5. The summed E-state index contributed by atoms with van der Waals surface area (Å²) in [5.74, 6) is 0. The lowest BCUT2D eigenvalue weighted by Gasteiger charge is -2.26. The summed E-state index contributed by atoms with van der Waals surface area (Å²) in [6.07, 6.45) is -0.226. The van der Waals surface area contributed by atoms with Crippen molar-refractivity contribution in [1.82, 2.24) is 0 Å². The van der Waals surface area contributed by atoms with Crippen LogP contribution >= 0.6 is 0 Å². The minimum Gasteiger partial charge on any atom is -0.393 e. The van der Waals surface area contributed by atoms with Crippen LogP contribution in [0.5, 0.6) is 0 Å². The molecule has 1 atom stereocenters. The molecule has 0 aliphatic carbocycles. The van der Waals surface area contributed by atoms with E-state index in [-0.39, 0.29) is 18.3 Å². The van der Waals surface area contributed by atoms with Crippen LogP contribution in [-0.4, -0.2) is 17.3 Å². The predicted octanol–water partition coefficient (Wildman–Crippen LogP) is 2.54. The molecule has 0 unspecified atom stereocenters. The van der Waals surface area contributed by atoms with Gasteiger partial charge in [-0.05, 0) is 26.3 Å². The zero-order valence-corrected chi connectivity index (χ0v) is 9.03. The second-order valence-electron chi connectivity index (χ2n) is 4.31. The molecule has 0 heterocycles. The van der Waals surface area contributed by atoms with Crippen molar-refractivity contribution in [1.29, 1.82) is 0 Å². The van der Waals surface area contributed by atoms with Crippen LogP contribution in [0.4, 0.5) is 0 Å². The highest BCUT2D eigenvalue weighted by Gasteiger charge is 2.19. The van der Waals surface area contributed by atoms with Crippen LogP contribution in [0.25, 0.3) is 0 Å². The van der Waals surface area contributed by atoms with E-state index in [0.717, 1.165) is 5.56 Å². The molecular weight excluding hydrogens is 176 g/mol. The Morgan fingerprint density at radius 3 is 2.21 bits per heavy atom. The lowest BCUT2D eigenvalue weighted by molar-refractivity contribution is -0.0822. The van der Waals surface area contributed by atoms with Crippen molar-refractivity contribution in [3.8, 4) is 0 Å². The molecule has 0 amide bonds. The van der Waals surface area contributed by atoms with Crippen LogP contribution in [0.2, 0.25) is 0 Å². The van der Waals surface area contributed by atoms with Crippen LogP contribution in [0.15, 0.2) is 30.3 Å². The third-order valence-electron chi connectivity index (χ3n) is 1.83. The minimum absolute atomic E-state index is 0.0152. The Bertz CT molecular complexity index is 261. The van der Waals surface area contributed by atoms with Crippen LogP contribution in [0.3, 0.4) is 0 Å². The standard InChI is InChI=1S/C12H18O2/c1-12(2,3)14-11(9-13)10-7-5-4-6-8-10/h4-8,11,13H,9H2,1-3H3/t11-/m1/s1. The van der Waals surface area contributed by atoms with Crippen LogP contribution in [0, 0.1) is 0 Å². The van der Waals surface area contributed by atoms with E-state index in [4.69, 9.17) is 4.74 Å². The van der Waals surface area contributed by atoms with Crippen LogP contribution in [-0.2, 0) is 4.74 Å². The summed E-state index contributed by atoms with van der Waals surface area (Å²) in [6.45, 7) is 5.97. The summed E-state index contributed by atoms with van der Waals surface area (Å²) in [4.78, 5) is 0. The first-order chi connectivity index (χ1) is 6.53. The van der Waals surface area contributed by atoms with E-state index in [1.807, 2.05) is 51.1 Å². The molecule has 0 aromatic heterocycles. The van der Waals surface area contributed by atoms with Crippen molar-refractivity contribution in [2.75, 3.05) is 6.61 Å². The Morgan fingerprint density at radius 1 is 1.21 bits per heavy atom. The van der Waals surface area contributed by atoms with Gasteiger partial charge < -0.3 is 9.84 Å². The summed E-state index contributed by atoms with van der Waals surface area (Å²) >= 11 is 0. The highest BCUT2D eigenvalue weighted by Crippen LogP contribution is 2.22. The summed E-state index contributed by atoms with van der Waals surface area (Å²) in [5.41, 5.74) is 0.786. The van der Waals surface area contributed by atoms with Crippen molar-refractivity contribution >= 4 is 0 Å². The van der Waals surface area contributed by atoms with Gasteiger partial charge in [-0.1, -0.05) is 30.3 Å². The maximum Gasteiger partial charge on any atom is 0.106 e. The zero-order valence-electron chi connectivity index (χ0n) is 9.03. The second-order valence-corrected chi connectivity index (χ2v) is 4.31. The fraction of sp³-hybridized carbons (Fsp3) is 0.500. The largest absolute Gasteiger partial charge is 0.393 e. The maximum atomic E-state index is 9.22. The van der Waals surface area contributed by atoms with Crippen molar-refractivity contribution in [3.63, 3.8) is 0 Å². The number of hydrogen-bond donors (Lipinski definition) is 1. The van der Waals surface area contributed by atoms with E-state index in [2.05, 4.69) is 0 Å². The maximum absolute atomic E-state index is 9.22. The van der Waals surface area contributed by atoms with E-state index in [1.54, 1.807) is 0 Å². The normalized spacial score (nSPS) is 14.0. The van der Waals surface area contributed by atoms with Crippen molar-refractivity contribution in [2.24, 2.45) is 0 Å². The number of hydrogen-bond acceptors (Lipinski definition) is 2. The topological polar surface area (TPSA) is 29.5 Å². The van der Waals surface area contributed by atoms with Crippen LogP contribution < -0.4 is 0 Å². The average Bonchev–Trinajstić information content (AvgIpc) is 2.14. The quantitative estimate of drug-likeness (QED) is 0.801. The van der Waals surface area contributed by atoms with Crippen molar-refractivity contribution in [3.05, 3.63) is 35.9 Å². The molecule has 1 aromatic rings. The molecule has 0 radical (unpaired) electrons. The first-order valence-corrected chi connectivity index (χ1v) is 4.86.